The van der Waals surface area contributed by atoms with Crippen LogP contribution < -0.4 is 5.32 Å². The third kappa shape index (κ3) is 7.34. The summed E-state index contributed by atoms with van der Waals surface area (Å²) in [6, 6.07) is 10.6. The van der Waals surface area contributed by atoms with Crippen molar-refractivity contribution in [3.8, 4) is 0 Å². The minimum Gasteiger partial charge on any atom is -0.392 e. The highest BCUT2D eigenvalue weighted by Gasteiger charge is 2.16. The first-order valence-electron chi connectivity index (χ1n) is 7.32. The lowest BCUT2D eigenvalue weighted by atomic mass is 9.89. The van der Waals surface area contributed by atoms with Crippen LogP contribution in [-0.4, -0.2) is 24.3 Å². The summed E-state index contributed by atoms with van der Waals surface area (Å²) in [4.78, 5) is 0. The number of nitrogens with one attached hydrogen (secondary N) is 1. The molecule has 0 heterocycles. The predicted octanol–water partition coefficient (Wildman–Crippen LogP) is 3.57. The average molecular weight is 263 g/mol. The number of aliphatic hydroxyl groups is 1. The van der Waals surface area contributed by atoms with E-state index in [1.54, 1.807) is 0 Å². The molecule has 0 bridgehead atoms. The molecule has 0 aliphatic rings. The van der Waals surface area contributed by atoms with Crippen molar-refractivity contribution >= 4 is 0 Å². The van der Waals surface area contributed by atoms with Crippen LogP contribution in [0.4, 0.5) is 0 Å². The van der Waals surface area contributed by atoms with Gasteiger partial charge in [-0.3, -0.25) is 0 Å². The summed E-state index contributed by atoms with van der Waals surface area (Å²) < 4.78 is 0. The van der Waals surface area contributed by atoms with Crippen molar-refractivity contribution in [1.82, 2.24) is 5.32 Å². The normalized spacial score (nSPS) is 15.2. The molecular formula is C17H29NO. The van der Waals surface area contributed by atoms with Crippen molar-refractivity contribution in [3.63, 3.8) is 0 Å². The van der Waals surface area contributed by atoms with Crippen LogP contribution in [0.25, 0.3) is 0 Å². The number of hydrogen-bond acceptors (Lipinski definition) is 2. The number of hydrogen-bond donors (Lipinski definition) is 2. The van der Waals surface area contributed by atoms with E-state index in [1.807, 2.05) is 0 Å². The average Bonchev–Trinajstić information content (AvgIpc) is 2.33. The van der Waals surface area contributed by atoms with E-state index in [-0.39, 0.29) is 11.5 Å². The zero-order valence-electron chi connectivity index (χ0n) is 12.8. The molecule has 0 saturated heterocycles. The third-order valence-electron chi connectivity index (χ3n) is 3.35. The molecule has 0 radical (unpaired) electrons. The van der Waals surface area contributed by atoms with Crippen LogP contribution in [0.5, 0.6) is 0 Å². The molecule has 0 aromatic heterocycles. The maximum absolute atomic E-state index is 9.90. The van der Waals surface area contributed by atoms with Gasteiger partial charge in [-0.25, -0.2) is 0 Å². The van der Waals surface area contributed by atoms with Crippen molar-refractivity contribution in [2.24, 2.45) is 5.41 Å². The first kappa shape index (κ1) is 16.2. The summed E-state index contributed by atoms with van der Waals surface area (Å²) >= 11 is 0. The Labute approximate surface area is 118 Å². The lowest BCUT2D eigenvalue weighted by Crippen LogP contribution is -2.31. The molecule has 0 spiro atoms. The molecule has 0 aliphatic carbocycles. The Hall–Kier alpha value is -0.860. The van der Waals surface area contributed by atoms with Gasteiger partial charge in [-0.2, -0.15) is 0 Å². The number of rotatable bonds is 7. The summed E-state index contributed by atoms with van der Waals surface area (Å²) in [6.07, 6.45) is 1.70. The van der Waals surface area contributed by atoms with E-state index >= 15 is 0 Å². The van der Waals surface area contributed by atoms with Gasteiger partial charge in [-0.05, 0) is 36.3 Å². The highest BCUT2D eigenvalue weighted by Crippen LogP contribution is 2.20. The Morgan fingerprint density at radius 2 is 1.79 bits per heavy atom. The summed E-state index contributed by atoms with van der Waals surface area (Å²) in [7, 11) is 0. The monoisotopic (exact) mass is 263 g/mol. The van der Waals surface area contributed by atoms with Gasteiger partial charge in [-0.1, -0.05) is 58.0 Å². The summed E-state index contributed by atoms with van der Waals surface area (Å²) in [5, 5.41) is 13.3. The van der Waals surface area contributed by atoms with Gasteiger partial charge in [0.15, 0.2) is 0 Å². The van der Waals surface area contributed by atoms with E-state index < -0.39 is 0 Å². The van der Waals surface area contributed by atoms with Gasteiger partial charge in [0, 0.05) is 6.54 Å². The Balaban J connectivity index is 2.17. The SMILES string of the molecule is CC(CCNCC(O)CC(C)(C)C)c1ccccc1. The highest BCUT2D eigenvalue weighted by atomic mass is 16.3. The van der Waals surface area contributed by atoms with Gasteiger partial charge in [0.1, 0.15) is 0 Å². The van der Waals surface area contributed by atoms with E-state index in [0.29, 0.717) is 12.5 Å². The Morgan fingerprint density at radius 1 is 1.16 bits per heavy atom. The van der Waals surface area contributed by atoms with Gasteiger partial charge < -0.3 is 10.4 Å². The Kier molecular flexibility index (Phi) is 6.53. The predicted molar refractivity (Wildman–Crippen MR) is 82.4 cm³/mol. The van der Waals surface area contributed by atoms with E-state index in [1.165, 1.54) is 5.56 Å². The molecular weight excluding hydrogens is 234 g/mol. The molecule has 1 rings (SSSR count). The van der Waals surface area contributed by atoms with Crippen LogP contribution in [0, 0.1) is 5.41 Å². The van der Waals surface area contributed by atoms with Crippen LogP contribution in [0.2, 0.25) is 0 Å². The van der Waals surface area contributed by atoms with E-state index in [2.05, 4.69) is 63.3 Å². The fraction of sp³-hybridized carbons (Fsp3) is 0.647. The van der Waals surface area contributed by atoms with Gasteiger partial charge >= 0.3 is 0 Å². The topological polar surface area (TPSA) is 32.3 Å². The number of aliphatic hydroxyl groups excluding tert-OH is 1. The van der Waals surface area contributed by atoms with E-state index in [0.717, 1.165) is 19.4 Å². The van der Waals surface area contributed by atoms with E-state index in [9.17, 15) is 5.11 Å². The second-order valence-electron chi connectivity index (χ2n) is 6.72. The lowest BCUT2D eigenvalue weighted by molar-refractivity contribution is 0.119. The van der Waals surface area contributed by atoms with Crippen LogP contribution in [-0.2, 0) is 0 Å². The second-order valence-corrected chi connectivity index (χ2v) is 6.72. The summed E-state index contributed by atoms with van der Waals surface area (Å²) in [6.45, 7) is 10.4. The van der Waals surface area contributed by atoms with Crippen molar-refractivity contribution in [2.75, 3.05) is 13.1 Å². The molecule has 0 aliphatic heterocycles. The lowest BCUT2D eigenvalue weighted by Gasteiger charge is -2.22. The first-order valence-corrected chi connectivity index (χ1v) is 7.32. The zero-order valence-corrected chi connectivity index (χ0v) is 12.8. The summed E-state index contributed by atoms with van der Waals surface area (Å²) in [5.41, 5.74) is 1.58. The molecule has 2 N–H and O–H groups in total. The molecule has 19 heavy (non-hydrogen) atoms. The number of benzene rings is 1. The molecule has 2 heteroatoms. The quantitative estimate of drug-likeness (QED) is 0.737. The Morgan fingerprint density at radius 3 is 2.37 bits per heavy atom. The molecule has 0 amide bonds. The van der Waals surface area contributed by atoms with Crippen LogP contribution >= 0.6 is 0 Å². The Bertz CT molecular complexity index is 342. The largest absolute Gasteiger partial charge is 0.392 e. The highest BCUT2D eigenvalue weighted by molar-refractivity contribution is 5.18. The van der Waals surface area contributed by atoms with Crippen molar-refractivity contribution in [3.05, 3.63) is 35.9 Å². The maximum atomic E-state index is 9.90. The minimum atomic E-state index is -0.243. The van der Waals surface area contributed by atoms with Crippen LogP contribution in [0.1, 0.15) is 52.0 Å². The third-order valence-corrected chi connectivity index (χ3v) is 3.35. The molecule has 0 saturated carbocycles. The molecule has 1 aromatic rings. The smallest absolute Gasteiger partial charge is 0.0669 e. The van der Waals surface area contributed by atoms with Crippen LogP contribution in [0.3, 0.4) is 0 Å². The fourth-order valence-corrected chi connectivity index (χ4v) is 2.31. The first-order chi connectivity index (χ1) is 8.88. The van der Waals surface area contributed by atoms with Crippen molar-refractivity contribution in [1.29, 1.82) is 0 Å². The minimum absolute atomic E-state index is 0.193. The fourth-order valence-electron chi connectivity index (χ4n) is 2.31. The molecule has 1 aromatic carbocycles. The van der Waals surface area contributed by atoms with Crippen molar-refractivity contribution < 1.29 is 5.11 Å². The van der Waals surface area contributed by atoms with Gasteiger partial charge in [0.2, 0.25) is 0 Å². The second kappa shape index (κ2) is 7.66. The molecule has 108 valence electrons. The zero-order chi connectivity index (χ0) is 14.3. The van der Waals surface area contributed by atoms with E-state index in [4.69, 9.17) is 0 Å². The van der Waals surface area contributed by atoms with Gasteiger partial charge in [0.05, 0.1) is 6.10 Å². The molecule has 2 nitrogen and oxygen atoms in total. The van der Waals surface area contributed by atoms with Crippen molar-refractivity contribution in [2.45, 2.75) is 52.6 Å². The maximum Gasteiger partial charge on any atom is 0.0669 e. The molecule has 2 unspecified atom stereocenters. The van der Waals surface area contributed by atoms with Crippen LogP contribution in [0.15, 0.2) is 30.3 Å². The van der Waals surface area contributed by atoms with Gasteiger partial charge in [0.25, 0.3) is 0 Å². The molecule has 0 fully saturated rings. The molecule has 2 atom stereocenters. The van der Waals surface area contributed by atoms with Gasteiger partial charge in [-0.15, -0.1) is 0 Å². The standard InChI is InChI=1S/C17H29NO/c1-14(15-8-6-5-7-9-15)10-11-18-13-16(19)12-17(2,3)4/h5-9,14,16,18-19H,10-13H2,1-4H3. The summed E-state index contributed by atoms with van der Waals surface area (Å²) in [5.74, 6) is 0.563.